The third kappa shape index (κ3) is 2.09. The molecule has 1 aromatic heterocycles. The highest BCUT2D eigenvalue weighted by atomic mass is 16.1. The third-order valence-corrected chi connectivity index (χ3v) is 3.41. The van der Waals surface area contributed by atoms with Crippen molar-refractivity contribution in [1.29, 1.82) is 0 Å². The van der Waals surface area contributed by atoms with E-state index in [1.165, 1.54) is 11.1 Å². The molecule has 0 radical (unpaired) electrons. The number of hydrogen-bond donors (Lipinski definition) is 1. The summed E-state index contributed by atoms with van der Waals surface area (Å²) in [6.07, 6.45) is 0. The predicted molar refractivity (Wildman–Crippen MR) is 74.5 cm³/mol. The van der Waals surface area contributed by atoms with Crippen LogP contribution >= 0.6 is 0 Å². The largest absolute Gasteiger partial charge is 0.326 e. The minimum absolute atomic E-state index is 0.0202. The molecule has 0 fully saturated rings. The SMILES string of the molecule is Cc1ccc(-c2ccc(CN)c(=O)n2C)cc1C. The average Bonchev–Trinajstić information content (AvgIpc) is 2.36. The average molecular weight is 242 g/mol. The first-order valence-corrected chi connectivity index (χ1v) is 6.01. The van der Waals surface area contributed by atoms with Crippen molar-refractivity contribution in [3.63, 3.8) is 0 Å². The minimum Gasteiger partial charge on any atom is -0.326 e. The number of nitrogens with two attached hydrogens (primary N) is 1. The van der Waals surface area contributed by atoms with Crippen LogP contribution in [0.3, 0.4) is 0 Å². The number of rotatable bonds is 2. The zero-order chi connectivity index (χ0) is 13.3. The second kappa shape index (κ2) is 4.78. The molecule has 0 amide bonds. The first kappa shape index (κ1) is 12.6. The van der Waals surface area contributed by atoms with Crippen LogP contribution in [0.4, 0.5) is 0 Å². The standard InChI is InChI=1S/C15H18N2O/c1-10-4-5-12(8-11(10)2)14-7-6-13(9-16)15(18)17(14)3/h4-8H,9,16H2,1-3H3. The fraction of sp³-hybridized carbons (Fsp3) is 0.267. The molecular weight excluding hydrogens is 224 g/mol. The summed E-state index contributed by atoms with van der Waals surface area (Å²) in [4.78, 5) is 12.0. The molecular formula is C15H18N2O. The van der Waals surface area contributed by atoms with Gasteiger partial charge in [-0.1, -0.05) is 18.2 Å². The van der Waals surface area contributed by atoms with Gasteiger partial charge in [-0.2, -0.15) is 0 Å². The van der Waals surface area contributed by atoms with E-state index in [0.717, 1.165) is 11.3 Å². The molecule has 1 heterocycles. The lowest BCUT2D eigenvalue weighted by atomic mass is 10.0. The van der Waals surface area contributed by atoms with E-state index in [1.807, 2.05) is 18.2 Å². The van der Waals surface area contributed by atoms with Crippen LogP contribution < -0.4 is 11.3 Å². The highest BCUT2D eigenvalue weighted by Gasteiger charge is 2.07. The zero-order valence-electron chi connectivity index (χ0n) is 11.0. The molecule has 2 aromatic rings. The van der Waals surface area contributed by atoms with Gasteiger partial charge in [-0.05, 0) is 42.7 Å². The van der Waals surface area contributed by atoms with Crippen molar-refractivity contribution in [2.75, 3.05) is 0 Å². The first-order chi connectivity index (χ1) is 8.54. The maximum Gasteiger partial charge on any atom is 0.255 e. The van der Waals surface area contributed by atoms with Crippen molar-refractivity contribution in [3.05, 3.63) is 57.4 Å². The number of aromatic nitrogens is 1. The van der Waals surface area contributed by atoms with Crippen LogP contribution in [-0.4, -0.2) is 4.57 Å². The Kier molecular flexibility index (Phi) is 3.34. The van der Waals surface area contributed by atoms with Gasteiger partial charge in [-0.15, -0.1) is 0 Å². The molecule has 94 valence electrons. The van der Waals surface area contributed by atoms with Gasteiger partial charge in [0.05, 0.1) is 5.69 Å². The lowest BCUT2D eigenvalue weighted by molar-refractivity contribution is 0.839. The quantitative estimate of drug-likeness (QED) is 0.877. The Morgan fingerprint density at radius 2 is 1.83 bits per heavy atom. The van der Waals surface area contributed by atoms with Crippen molar-refractivity contribution in [2.24, 2.45) is 12.8 Å². The van der Waals surface area contributed by atoms with Gasteiger partial charge in [-0.25, -0.2) is 0 Å². The van der Waals surface area contributed by atoms with Crippen LogP contribution in [-0.2, 0) is 13.6 Å². The molecule has 18 heavy (non-hydrogen) atoms. The third-order valence-electron chi connectivity index (χ3n) is 3.41. The molecule has 0 bridgehead atoms. The van der Waals surface area contributed by atoms with Crippen LogP contribution in [0.1, 0.15) is 16.7 Å². The monoisotopic (exact) mass is 242 g/mol. The molecule has 0 aliphatic carbocycles. The van der Waals surface area contributed by atoms with Crippen molar-refractivity contribution < 1.29 is 0 Å². The van der Waals surface area contributed by atoms with E-state index in [9.17, 15) is 4.79 Å². The minimum atomic E-state index is -0.0202. The Hall–Kier alpha value is -1.87. The summed E-state index contributed by atoms with van der Waals surface area (Å²) < 4.78 is 1.66. The maximum absolute atomic E-state index is 12.0. The Bertz CT molecular complexity index is 641. The van der Waals surface area contributed by atoms with E-state index in [4.69, 9.17) is 5.73 Å². The molecule has 1 aromatic carbocycles. The molecule has 2 N–H and O–H groups in total. The second-order valence-corrected chi connectivity index (χ2v) is 4.61. The topological polar surface area (TPSA) is 48.0 Å². The molecule has 3 heteroatoms. The van der Waals surface area contributed by atoms with E-state index in [1.54, 1.807) is 11.6 Å². The van der Waals surface area contributed by atoms with Gasteiger partial charge in [0.15, 0.2) is 0 Å². The predicted octanol–water partition coefficient (Wildman–Crippen LogP) is 2.13. The van der Waals surface area contributed by atoms with Gasteiger partial charge >= 0.3 is 0 Å². The van der Waals surface area contributed by atoms with Gasteiger partial charge < -0.3 is 10.3 Å². The van der Waals surface area contributed by atoms with Crippen molar-refractivity contribution >= 4 is 0 Å². The van der Waals surface area contributed by atoms with Crippen LogP contribution in [0.2, 0.25) is 0 Å². The molecule has 3 nitrogen and oxygen atoms in total. The number of aryl methyl sites for hydroxylation is 2. The summed E-state index contributed by atoms with van der Waals surface area (Å²) in [5.41, 5.74) is 10.6. The van der Waals surface area contributed by atoms with Gasteiger partial charge in [0.2, 0.25) is 0 Å². The van der Waals surface area contributed by atoms with Crippen LogP contribution in [0.15, 0.2) is 35.1 Å². The fourth-order valence-electron chi connectivity index (χ4n) is 2.03. The van der Waals surface area contributed by atoms with Crippen molar-refractivity contribution in [2.45, 2.75) is 20.4 Å². The summed E-state index contributed by atoms with van der Waals surface area (Å²) in [7, 11) is 1.78. The maximum atomic E-state index is 12.0. The molecule has 0 spiro atoms. The van der Waals surface area contributed by atoms with E-state index < -0.39 is 0 Å². The van der Waals surface area contributed by atoms with Crippen LogP contribution in [0.25, 0.3) is 11.3 Å². The highest BCUT2D eigenvalue weighted by molar-refractivity contribution is 5.61. The van der Waals surface area contributed by atoms with E-state index in [-0.39, 0.29) is 12.1 Å². The van der Waals surface area contributed by atoms with Gasteiger partial charge in [0, 0.05) is 19.2 Å². The van der Waals surface area contributed by atoms with E-state index in [0.29, 0.717) is 5.56 Å². The number of nitrogens with zero attached hydrogens (tertiary/aromatic N) is 1. The van der Waals surface area contributed by atoms with Gasteiger partial charge in [0.1, 0.15) is 0 Å². The lowest BCUT2D eigenvalue weighted by Crippen LogP contribution is -2.23. The van der Waals surface area contributed by atoms with Gasteiger partial charge in [-0.3, -0.25) is 4.79 Å². The summed E-state index contributed by atoms with van der Waals surface area (Å²) in [5.74, 6) is 0. The summed E-state index contributed by atoms with van der Waals surface area (Å²) in [5, 5.41) is 0. The van der Waals surface area contributed by atoms with E-state index >= 15 is 0 Å². The second-order valence-electron chi connectivity index (χ2n) is 4.61. The molecule has 0 saturated heterocycles. The van der Waals surface area contributed by atoms with Gasteiger partial charge in [0.25, 0.3) is 5.56 Å². The summed E-state index contributed by atoms with van der Waals surface area (Å²) >= 11 is 0. The van der Waals surface area contributed by atoms with Crippen molar-refractivity contribution in [3.8, 4) is 11.3 Å². The molecule has 2 rings (SSSR count). The lowest BCUT2D eigenvalue weighted by Gasteiger charge is -2.11. The molecule has 0 aliphatic heterocycles. The van der Waals surface area contributed by atoms with Crippen molar-refractivity contribution in [1.82, 2.24) is 4.57 Å². The van der Waals surface area contributed by atoms with Crippen LogP contribution in [0, 0.1) is 13.8 Å². The number of hydrogen-bond acceptors (Lipinski definition) is 2. The first-order valence-electron chi connectivity index (χ1n) is 6.01. The smallest absolute Gasteiger partial charge is 0.255 e. The Labute approximate surface area is 107 Å². The molecule has 0 aliphatic rings. The fourth-order valence-corrected chi connectivity index (χ4v) is 2.03. The number of benzene rings is 1. The zero-order valence-corrected chi connectivity index (χ0v) is 11.0. The van der Waals surface area contributed by atoms with Crippen LogP contribution in [0.5, 0.6) is 0 Å². The number of pyridine rings is 1. The Morgan fingerprint density at radius 3 is 2.44 bits per heavy atom. The summed E-state index contributed by atoms with van der Waals surface area (Å²) in [6.45, 7) is 4.43. The Balaban J connectivity index is 2.61. The normalized spacial score (nSPS) is 10.7. The van der Waals surface area contributed by atoms with E-state index in [2.05, 4.69) is 26.0 Å². The highest BCUT2D eigenvalue weighted by Crippen LogP contribution is 2.20. The molecule has 0 unspecified atom stereocenters. The summed E-state index contributed by atoms with van der Waals surface area (Å²) in [6, 6.07) is 9.98. The Morgan fingerprint density at radius 1 is 1.11 bits per heavy atom. The molecule has 0 atom stereocenters. The molecule has 0 saturated carbocycles.